The minimum absolute atomic E-state index is 0.594. The summed E-state index contributed by atoms with van der Waals surface area (Å²) in [7, 11) is 0. The molecule has 7 heteroatoms. The summed E-state index contributed by atoms with van der Waals surface area (Å²) < 4.78 is 1.65. The van der Waals surface area contributed by atoms with Gasteiger partial charge in [0.1, 0.15) is 0 Å². The third-order valence-electron chi connectivity index (χ3n) is 2.53. The number of fused-ring (bicyclic) bond motifs is 1. The van der Waals surface area contributed by atoms with Crippen LogP contribution >= 0.6 is 11.6 Å². The van der Waals surface area contributed by atoms with Gasteiger partial charge in [0.25, 0.3) is 0 Å². The lowest BCUT2D eigenvalue weighted by Gasteiger charge is -1.98. The first-order valence-electron chi connectivity index (χ1n) is 5.54. The second-order valence-electron chi connectivity index (χ2n) is 3.84. The Labute approximate surface area is 108 Å². The molecule has 0 unspecified atom stereocenters. The van der Waals surface area contributed by atoms with Crippen LogP contribution in [0.2, 0.25) is 5.02 Å². The fourth-order valence-electron chi connectivity index (χ4n) is 1.66. The number of pyridine rings is 1. The van der Waals surface area contributed by atoms with Gasteiger partial charge in [0.2, 0.25) is 5.95 Å². The molecule has 0 aliphatic carbocycles. The van der Waals surface area contributed by atoms with Crippen LogP contribution < -0.4 is 5.32 Å². The molecule has 0 amide bonds. The fraction of sp³-hybridized carbons (Fsp3) is 0.182. The number of halogens is 1. The molecule has 0 aliphatic heterocycles. The Morgan fingerprint density at radius 2 is 2.33 bits per heavy atom. The second kappa shape index (κ2) is 4.66. The van der Waals surface area contributed by atoms with Gasteiger partial charge in [0, 0.05) is 31.1 Å². The summed E-state index contributed by atoms with van der Waals surface area (Å²) in [4.78, 5) is 11.3. The first-order chi connectivity index (χ1) is 8.81. The maximum atomic E-state index is 5.88. The molecule has 2 N–H and O–H groups in total. The summed E-state index contributed by atoms with van der Waals surface area (Å²) in [6, 6.07) is 3.62. The van der Waals surface area contributed by atoms with Crippen LogP contribution in [0.4, 0.5) is 5.95 Å². The van der Waals surface area contributed by atoms with Gasteiger partial charge in [-0.15, -0.1) is 5.10 Å². The SMILES string of the molecule is Clc1ccc2nc(NCCc3cnc[nH]3)nn2c1. The van der Waals surface area contributed by atoms with Crippen molar-refractivity contribution in [1.29, 1.82) is 0 Å². The maximum Gasteiger partial charge on any atom is 0.243 e. The summed E-state index contributed by atoms with van der Waals surface area (Å²) in [6.07, 6.45) is 6.04. The summed E-state index contributed by atoms with van der Waals surface area (Å²) in [6.45, 7) is 0.743. The highest BCUT2D eigenvalue weighted by atomic mass is 35.5. The molecule has 92 valence electrons. The van der Waals surface area contributed by atoms with Crippen LogP contribution in [0.3, 0.4) is 0 Å². The van der Waals surface area contributed by atoms with E-state index >= 15 is 0 Å². The lowest BCUT2D eigenvalue weighted by molar-refractivity contribution is 0.926. The molecule has 0 spiro atoms. The number of aromatic amines is 1. The van der Waals surface area contributed by atoms with Crippen LogP contribution in [0.1, 0.15) is 5.69 Å². The Hall–Kier alpha value is -2.08. The van der Waals surface area contributed by atoms with E-state index in [1.807, 2.05) is 6.07 Å². The second-order valence-corrected chi connectivity index (χ2v) is 4.28. The highest BCUT2D eigenvalue weighted by Gasteiger charge is 2.03. The molecular weight excluding hydrogens is 252 g/mol. The largest absolute Gasteiger partial charge is 0.353 e. The van der Waals surface area contributed by atoms with E-state index in [-0.39, 0.29) is 0 Å². The van der Waals surface area contributed by atoms with Gasteiger partial charge in [-0.25, -0.2) is 9.50 Å². The molecule has 0 atom stereocenters. The summed E-state index contributed by atoms with van der Waals surface area (Å²) in [5, 5.41) is 8.07. The molecule has 0 radical (unpaired) electrons. The number of nitrogens with zero attached hydrogens (tertiary/aromatic N) is 4. The van der Waals surface area contributed by atoms with Crippen molar-refractivity contribution in [3.63, 3.8) is 0 Å². The number of imidazole rings is 1. The van der Waals surface area contributed by atoms with Crippen molar-refractivity contribution in [2.75, 3.05) is 11.9 Å². The minimum atomic E-state index is 0.594. The van der Waals surface area contributed by atoms with Gasteiger partial charge < -0.3 is 10.3 Å². The first kappa shape index (κ1) is 11.0. The van der Waals surface area contributed by atoms with E-state index in [1.165, 1.54) is 0 Å². The molecule has 18 heavy (non-hydrogen) atoms. The molecule has 0 saturated carbocycles. The monoisotopic (exact) mass is 262 g/mol. The number of hydrogen-bond donors (Lipinski definition) is 2. The Morgan fingerprint density at radius 3 is 3.17 bits per heavy atom. The van der Waals surface area contributed by atoms with Crippen molar-refractivity contribution in [2.24, 2.45) is 0 Å². The number of nitrogens with one attached hydrogen (secondary N) is 2. The number of hydrogen-bond acceptors (Lipinski definition) is 4. The van der Waals surface area contributed by atoms with Crippen LogP contribution in [0.5, 0.6) is 0 Å². The van der Waals surface area contributed by atoms with Gasteiger partial charge in [-0.1, -0.05) is 11.6 Å². The van der Waals surface area contributed by atoms with Crippen molar-refractivity contribution in [1.82, 2.24) is 24.6 Å². The Morgan fingerprint density at radius 1 is 1.39 bits per heavy atom. The summed E-state index contributed by atoms with van der Waals surface area (Å²) in [5.74, 6) is 0.594. The molecule has 3 rings (SSSR count). The van der Waals surface area contributed by atoms with Gasteiger partial charge in [0.15, 0.2) is 5.65 Å². The molecule has 6 nitrogen and oxygen atoms in total. The smallest absolute Gasteiger partial charge is 0.243 e. The normalized spacial score (nSPS) is 10.9. The van der Waals surface area contributed by atoms with Crippen LogP contribution in [-0.4, -0.2) is 31.1 Å². The van der Waals surface area contributed by atoms with Crippen LogP contribution in [0.15, 0.2) is 30.9 Å². The Balaban J connectivity index is 1.67. The topological polar surface area (TPSA) is 70.9 Å². The minimum Gasteiger partial charge on any atom is -0.353 e. The van der Waals surface area contributed by atoms with Gasteiger partial charge in [-0.2, -0.15) is 4.98 Å². The summed E-state index contributed by atoms with van der Waals surface area (Å²) >= 11 is 5.88. The quantitative estimate of drug-likeness (QED) is 0.752. The molecule has 3 aromatic heterocycles. The van der Waals surface area contributed by atoms with Crippen molar-refractivity contribution in [3.05, 3.63) is 41.6 Å². The van der Waals surface area contributed by atoms with Crippen LogP contribution in [0, 0.1) is 0 Å². The number of rotatable bonds is 4. The highest BCUT2D eigenvalue weighted by molar-refractivity contribution is 6.30. The van der Waals surface area contributed by atoms with Crippen molar-refractivity contribution in [3.8, 4) is 0 Å². The van der Waals surface area contributed by atoms with E-state index in [0.29, 0.717) is 11.0 Å². The highest BCUT2D eigenvalue weighted by Crippen LogP contribution is 2.11. The predicted molar refractivity (Wildman–Crippen MR) is 68.8 cm³/mol. The van der Waals surface area contributed by atoms with Crippen LogP contribution in [0.25, 0.3) is 5.65 Å². The standard InChI is InChI=1S/C11H11ClN6/c12-8-1-2-10-16-11(17-18(10)6-8)14-4-3-9-5-13-7-15-9/h1-2,5-7H,3-4H2,(H,13,15)(H,14,17). The lowest BCUT2D eigenvalue weighted by atomic mass is 10.3. The van der Waals surface area contributed by atoms with Gasteiger partial charge in [-0.05, 0) is 12.1 Å². The van der Waals surface area contributed by atoms with E-state index in [4.69, 9.17) is 11.6 Å². The number of aromatic nitrogens is 5. The predicted octanol–water partition coefficient (Wildman–Crippen LogP) is 1.76. The van der Waals surface area contributed by atoms with E-state index < -0.39 is 0 Å². The maximum absolute atomic E-state index is 5.88. The zero-order valence-corrected chi connectivity index (χ0v) is 10.2. The van der Waals surface area contributed by atoms with Crippen molar-refractivity contribution < 1.29 is 0 Å². The van der Waals surface area contributed by atoms with Gasteiger partial charge in [0.05, 0.1) is 11.3 Å². The molecular formula is C11H11ClN6. The average molecular weight is 263 g/mol. The van der Waals surface area contributed by atoms with Crippen molar-refractivity contribution >= 4 is 23.2 Å². The van der Waals surface area contributed by atoms with E-state index in [1.54, 1.807) is 29.3 Å². The van der Waals surface area contributed by atoms with Gasteiger partial charge in [-0.3, -0.25) is 0 Å². The zero-order chi connectivity index (χ0) is 12.4. The Kier molecular flexibility index (Phi) is 2.85. The third-order valence-corrected chi connectivity index (χ3v) is 2.75. The third kappa shape index (κ3) is 2.28. The van der Waals surface area contributed by atoms with Crippen LogP contribution in [-0.2, 0) is 6.42 Å². The molecule has 3 heterocycles. The average Bonchev–Trinajstić information content (AvgIpc) is 2.97. The number of anilines is 1. The first-order valence-corrected chi connectivity index (χ1v) is 5.92. The van der Waals surface area contributed by atoms with E-state index in [2.05, 4.69) is 25.4 Å². The van der Waals surface area contributed by atoms with E-state index in [9.17, 15) is 0 Å². The van der Waals surface area contributed by atoms with Gasteiger partial charge >= 0.3 is 0 Å². The fourth-order valence-corrected chi connectivity index (χ4v) is 1.82. The van der Waals surface area contributed by atoms with E-state index in [0.717, 1.165) is 24.3 Å². The Bertz CT molecular complexity index is 645. The molecule has 3 aromatic rings. The molecule has 0 fully saturated rings. The molecule has 0 aromatic carbocycles. The summed E-state index contributed by atoms with van der Waals surface area (Å²) in [5.41, 5.74) is 1.85. The molecule has 0 aliphatic rings. The molecule has 0 bridgehead atoms. The van der Waals surface area contributed by atoms with Crippen molar-refractivity contribution in [2.45, 2.75) is 6.42 Å². The zero-order valence-electron chi connectivity index (χ0n) is 9.47. The lowest BCUT2D eigenvalue weighted by Crippen LogP contribution is -2.06. The molecule has 0 saturated heterocycles. The number of H-pyrrole nitrogens is 1.